The Morgan fingerprint density at radius 2 is 2.26 bits per heavy atom. The molecule has 0 bridgehead atoms. The van der Waals surface area contributed by atoms with Crippen molar-refractivity contribution in [3.63, 3.8) is 0 Å². The molecular formula is C12H16BrF3N2S. The lowest BCUT2D eigenvalue weighted by Gasteiger charge is -2.38. The lowest BCUT2D eigenvalue weighted by atomic mass is 9.96. The van der Waals surface area contributed by atoms with Crippen LogP contribution in [0, 0.1) is 5.92 Å². The summed E-state index contributed by atoms with van der Waals surface area (Å²) in [7, 11) is 0. The number of nitrogens with zero attached hydrogens (tertiary/aromatic N) is 1. The second-order valence-electron chi connectivity index (χ2n) is 4.79. The SMILES string of the molecule is NCC(c1cc(Br)cs1)N1CCCC(C(F)(F)F)C1. The lowest BCUT2D eigenvalue weighted by Crippen LogP contribution is -2.45. The summed E-state index contributed by atoms with van der Waals surface area (Å²) < 4.78 is 39.4. The fourth-order valence-electron chi connectivity index (χ4n) is 2.50. The van der Waals surface area contributed by atoms with E-state index in [4.69, 9.17) is 5.73 Å². The molecule has 2 heterocycles. The molecule has 1 aromatic heterocycles. The molecule has 1 aliphatic heterocycles. The predicted octanol–water partition coefficient (Wildman–Crippen LogP) is 3.78. The van der Waals surface area contributed by atoms with Crippen molar-refractivity contribution in [2.24, 2.45) is 11.7 Å². The van der Waals surface area contributed by atoms with Gasteiger partial charge in [0.2, 0.25) is 0 Å². The molecule has 7 heteroatoms. The average molecular weight is 357 g/mol. The van der Waals surface area contributed by atoms with Crippen LogP contribution in [-0.4, -0.2) is 30.7 Å². The largest absolute Gasteiger partial charge is 0.393 e. The lowest BCUT2D eigenvalue weighted by molar-refractivity contribution is -0.188. The summed E-state index contributed by atoms with van der Waals surface area (Å²) in [6, 6.07) is 1.83. The molecule has 0 radical (unpaired) electrons. The van der Waals surface area contributed by atoms with E-state index in [0.29, 0.717) is 19.5 Å². The van der Waals surface area contributed by atoms with Crippen LogP contribution in [0.3, 0.4) is 0 Å². The molecule has 0 saturated carbocycles. The fraction of sp³-hybridized carbons (Fsp3) is 0.667. The van der Waals surface area contributed by atoms with Crippen LogP contribution in [0.5, 0.6) is 0 Å². The maximum Gasteiger partial charge on any atom is 0.393 e. The smallest absolute Gasteiger partial charge is 0.329 e. The van der Waals surface area contributed by atoms with Gasteiger partial charge < -0.3 is 5.73 Å². The van der Waals surface area contributed by atoms with Crippen molar-refractivity contribution >= 4 is 27.3 Å². The predicted molar refractivity (Wildman–Crippen MR) is 74.2 cm³/mol. The summed E-state index contributed by atoms with van der Waals surface area (Å²) in [6.45, 7) is 1.09. The van der Waals surface area contributed by atoms with Crippen molar-refractivity contribution in [3.05, 3.63) is 20.8 Å². The molecule has 0 spiro atoms. The van der Waals surface area contributed by atoms with E-state index in [2.05, 4.69) is 15.9 Å². The maximum absolute atomic E-state index is 12.8. The van der Waals surface area contributed by atoms with Crippen LogP contribution >= 0.6 is 27.3 Å². The third kappa shape index (κ3) is 3.71. The fourth-order valence-corrected chi connectivity index (χ4v) is 4.10. The Kier molecular flexibility index (Phi) is 4.92. The third-order valence-corrected chi connectivity index (χ3v) is 5.29. The molecular weight excluding hydrogens is 341 g/mol. The van der Waals surface area contributed by atoms with E-state index >= 15 is 0 Å². The van der Waals surface area contributed by atoms with Crippen molar-refractivity contribution in [3.8, 4) is 0 Å². The van der Waals surface area contributed by atoms with Crippen LogP contribution < -0.4 is 5.73 Å². The molecule has 1 fully saturated rings. The molecule has 19 heavy (non-hydrogen) atoms. The molecule has 2 atom stereocenters. The number of hydrogen-bond donors (Lipinski definition) is 1. The van der Waals surface area contributed by atoms with Gasteiger partial charge in [0.25, 0.3) is 0 Å². The van der Waals surface area contributed by atoms with Gasteiger partial charge in [0.1, 0.15) is 0 Å². The Balaban J connectivity index is 2.10. The van der Waals surface area contributed by atoms with E-state index in [1.54, 1.807) is 0 Å². The normalized spacial score (nSPS) is 23.5. The van der Waals surface area contributed by atoms with Gasteiger partial charge in [-0.3, -0.25) is 4.90 Å². The van der Waals surface area contributed by atoms with E-state index < -0.39 is 12.1 Å². The van der Waals surface area contributed by atoms with Crippen LogP contribution in [0.25, 0.3) is 0 Å². The summed E-state index contributed by atoms with van der Waals surface area (Å²) in [5.41, 5.74) is 5.77. The molecule has 2 N–H and O–H groups in total. The maximum atomic E-state index is 12.8. The number of thiophene rings is 1. The van der Waals surface area contributed by atoms with Gasteiger partial charge in [-0.25, -0.2) is 0 Å². The van der Waals surface area contributed by atoms with E-state index in [9.17, 15) is 13.2 Å². The van der Waals surface area contributed by atoms with Crippen molar-refractivity contribution in [2.45, 2.75) is 25.1 Å². The zero-order valence-corrected chi connectivity index (χ0v) is 12.7. The van der Waals surface area contributed by atoms with Gasteiger partial charge in [-0.2, -0.15) is 13.2 Å². The Hall–Kier alpha value is -0.110. The first-order valence-electron chi connectivity index (χ1n) is 6.16. The highest BCUT2D eigenvalue weighted by molar-refractivity contribution is 9.10. The van der Waals surface area contributed by atoms with E-state index in [0.717, 1.165) is 9.35 Å². The van der Waals surface area contributed by atoms with E-state index in [-0.39, 0.29) is 19.0 Å². The number of alkyl halides is 3. The van der Waals surface area contributed by atoms with Gasteiger partial charge in [-0.05, 0) is 41.4 Å². The molecule has 0 aliphatic carbocycles. The molecule has 2 unspecified atom stereocenters. The summed E-state index contributed by atoms with van der Waals surface area (Å²) >= 11 is 4.90. The minimum absolute atomic E-state index is 0.0564. The number of nitrogens with two attached hydrogens (primary N) is 1. The van der Waals surface area contributed by atoms with E-state index in [1.807, 2.05) is 16.3 Å². The van der Waals surface area contributed by atoms with Gasteiger partial charge in [0, 0.05) is 27.8 Å². The topological polar surface area (TPSA) is 29.3 Å². The van der Waals surface area contributed by atoms with Crippen LogP contribution in [0.2, 0.25) is 0 Å². The van der Waals surface area contributed by atoms with Crippen molar-refractivity contribution in [2.75, 3.05) is 19.6 Å². The Morgan fingerprint density at radius 3 is 2.79 bits per heavy atom. The Labute approximate surface area is 122 Å². The number of hydrogen-bond acceptors (Lipinski definition) is 3. The van der Waals surface area contributed by atoms with Gasteiger partial charge in [-0.1, -0.05) is 0 Å². The third-order valence-electron chi connectivity index (χ3n) is 3.50. The summed E-state index contributed by atoms with van der Waals surface area (Å²) in [6.07, 6.45) is -3.30. The molecule has 1 aliphatic rings. The second kappa shape index (κ2) is 6.11. The molecule has 0 amide bonds. The summed E-state index contributed by atoms with van der Waals surface area (Å²) in [5.74, 6) is -1.22. The van der Waals surface area contributed by atoms with Gasteiger partial charge >= 0.3 is 6.18 Å². The Bertz CT molecular complexity index is 421. The highest BCUT2D eigenvalue weighted by atomic mass is 79.9. The average Bonchev–Trinajstić information content (AvgIpc) is 2.76. The number of piperidine rings is 1. The molecule has 2 nitrogen and oxygen atoms in total. The van der Waals surface area contributed by atoms with Gasteiger partial charge in [-0.15, -0.1) is 11.3 Å². The zero-order chi connectivity index (χ0) is 14.0. The van der Waals surface area contributed by atoms with Crippen LogP contribution in [0.1, 0.15) is 23.8 Å². The van der Waals surface area contributed by atoms with Crippen molar-refractivity contribution in [1.29, 1.82) is 0 Å². The highest BCUT2D eigenvalue weighted by Crippen LogP contribution is 2.37. The number of likely N-dealkylation sites (tertiary alicyclic amines) is 1. The first-order valence-corrected chi connectivity index (χ1v) is 7.84. The van der Waals surface area contributed by atoms with Crippen molar-refractivity contribution in [1.82, 2.24) is 4.90 Å². The summed E-state index contributed by atoms with van der Waals surface area (Å²) in [5, 5.41) is 1.93. The van der Waals surface area contributed by atoms with Crippen molar-refractivity contribution < 1.29 is 13.2 Å². The van der Waals surface area contributed by atoms with Gasteiger partial charge in [0.05, 0.1) is 12.0 Å². The molecule has 1 aromatic rings. The quantitative estimate of drug-likeness (QED) is 0.892. The van der Waals surface area contributed by atoms with Crippen LogP contribution in [0.4, 0.5) is 13.2 Å². The number of rotatable bonds is 3. The molecule has 108 valence electrons. The first kappa shape index (κ1) is 15.3. The van der Waals surface area contributed by atoms with Crippen LogP contribution in [0.15, 0.2) is 15.9 Å². The molecule has 2 rings (SSSR count). The first-order chi connectivity index (χ1) is 8.91. The van der Waals surface area contributed by atoms with Gasteiger partial charge in [0.15, 0.2) is 0 Å². The molecule has 0 aromatic carbocycles. The zero-order valence-electron chi connectivity index (χ0n) is 10.3. The monoisotopic (exact) mass is 356 g/mol. The second-order valence-corrected chi connectivity index (χ2v) is 6.65. The standard InChI is InChI=1S/C12H16BrF3N2S/c13-9-4-11(19-7-9)10(5-17)18-3-1-2-8(6-18)12(14,15)16/h4,7-8,10H,1-3,5-6,17H2. The van der Waals surface area contributed by atoms with E-state index in [1.165, 1.54) is 11.3 Å². The highest BCUT2D eigenvalue weighted by Gasteiger charge is 2.42. The Morgan fingerprint density at radius 1 is 1.53 bits per heavy atom. The minimum atomic E-state index is -4.10. The van der Waals surface area contributed by atoms with Crippen LogP contribution in [-0.2, 0) is 0 Å². The number of halogens is 4. The molecule has 1 saturated heterocycles. The summed E-state index contributed by atoms with van der Waals surface area (Å²) in [4.78, 5) is 2.90. The minimum Gasteiger partial charge on any atom is -0.329 e.